The highest BCUT2D eigenvalue weighted by atomic mass is 15.1. The maximum absolute atomic E-state index is 3.51. The Hall–Kier alpha value is -0.0800. The van der Waals surface area contributed by atoms with Crippen LogP contribution in [0.25, 0.3) is 0 Å². The molecule has 2 atom stereocenters. The van der Waals surface area contributed by atoms with Crippen LogP contribution in [0.15, 0.2) is 0 Å². The van der Waals surface area contributed by atoms with E-state index in [4.69, 9.17) is 0 Å². The number of likely N-dealkylation sites (tertiary alicyclic amines) is 1. The predicted octanol–water partition coefficient (Wildman–Crippen LogP) is 3.77. The SMILES string of the molecule is CNC(CN1CCCC(C(C)(C)C)CC1)C(C)(C)C. The van der Waals surface area contributed by atoms with E-state index in [1.807, 2.05) is 0 Å². The molecule has 1 rings (SSSR count). The molecule has 0 aromatic rings. The van der Waals surface area contributed by atoms with Gasteiger partial charge in [0.05, 0.1) is 0 Å². The van der Waals surface area contributed by atoms with E-state index in [1.165, 1.54) is 38.9 Å². The molecule has 114 valence electrons. The first-order valence-corrected chi connectivity index (χ1v) is 8.04. The summed E-state index contributed by atoms with van der Waals surface area (Å²) in [6, 6.07) is 0.582. The Labute approximate surface area is 121 Å². The second-order valence-corrected chi connectivity index (χ2v) is 8.50. The second-order valence-electron chi connectivity index (χ2n) is 8.50. The molecular formula is C17H36N2. The lowest BCUT2D eigenvalue weighted by atomic mass is 9.77. The molecule has 1 N–H and O–H groups in total. The third-order valence-electron chi connectivity index (χ3n) is 4.88. The van der Waals surface area contributed by atoms with Crippen LogP contribution in [0.3, 0.4) is 0 Å². The van der Waals surface area contributed by atoms with Crippen molar-refractivity contribution in [1.29, 1.82) is 0 Å². The molecule has 19 heavy (non-hydrogen) atoms. The third-order valence-corrected chi connectivity index (χ3v) is 4.88. The fraction of sp³-hybridized carbons (Fsp3) is 1.00. The summed E-state index contributed by atoms with van der Waals surface area (Å²) >= 11 is 0. The van der Waals surface area contributed by atoms with Gasteiger partial charge in [0.1, 0.15) is 0 Å². The van der Waals surface area contributed by atoms with Gasteiger partial charge >= 0.3 is 0 Å². The monoisotopic (exact) mass is 268 g/mol. The molecule has 2 heteroatoms. The lowest BCUT2D eigenvalue weighted by Gasteiger charge is -2.35. The number of hydrogen-bond donors (Lipinski definition) is 1. The van der Waals surface area contributed by atoms with Crippen LogP contribution in [0.2, 0.25) is 0 Å². The Morgan fingerprint density at radius 1 is 1.05 bits per heavy atom. The Bertz CT molecular complexity index is 259. The second kappa shape index (κ2) is 6.58. The minimum atomic E-state index is 0.338. The average molecular weight is 268 g/mol. The Kier molecular flexibility index (Phi) is 5.88. The van der Waals surface area contributed by atoms with Gasteiger partial charge in [0.2, 0.25) is 0 Å². The van der Waals surface area contributed by atoms with Crippen molar-refractivity contribution in [2.24, 2.45) is 16.7 Å². The molecular weight excluding hydrogens is 232 g/mol. The van der Waals surface area contributed by atoms with E-state index in [9.17, 15) is 0 Å². The fourth-order valence-electron chi connectivity index (χ4n) is 3.26. The number of hydrogen-bond acceptors (Lipinski definition) is 2. The number of likely N-dealkylation sites (N-methyl/N-ethyl adjacent to an activating group) is 1. The van der Waals surface area contributed by atoms with Crippen LogP contribution in [0.5, 0.6) is 0 Å². The zero-order valence-corrected chi connectivity index (χ0v) is 14.3. The minimum Gasteiger partial charge on any atom is -0.315 e. The van der Waals surface area contributed by atoms with E-state index in [0.717, 1.165) is 5.92 Å². The summed E-state index contributed by atoms with van der Waals surface area (Å²) in [5, 5.41) is 3.51. The highest BCUT2D eigenvalue weighted by Gasteiger charge is 2.29. The average Bonchev–Trinajstić information content (AvgIpc) is 2.48. The molecule has 0 saturated carbocycles. The van der Waals surface area contributed by atoms with Gasteiger partial charge < -0.3 is 10.2 Å². The predicted molar refractivity (Wildman–Crippen MR) is 85.5 cm³/mol. The third kappa shape index (κ3) is 5.43. The molecule has 0 aliphatic carbocycles. The van der Waals surface area contributed by atoms with Crippen LogP contribution >= 0.6 is 0 Å². The van der Waals surface area contributed by atoms with E-state index in [0.29, 0.717) is 16.9 Å². The fourth-order valence-corrected chi connectivity index (χ4v) is 3.26. The number of rotatable bonds is 3. The van der Waals surface area contributed by atoms with E-state index in [-0.39, 0.29) is 0 Å². The summed E-state index contributed by atoms with van der Waals surface area (Å²) in [5.41, 5.74) is 0.812. The van der Waals surface area contributed by atoms with Crippen molar-refractivity contribution in [3.8, 4) is 0 Å². The maximum atomic E-state index is 3.51. The summed E-state index contributed by atoms with van der Waals surface area (Å²) in [6.45, 7) is 18.0. The van der Waals surface area contributed by atoms with Gasteiger partial charge in [0, 0.05) is 12.6 Å². The van der Waals surface area contributed by atoms with Crippen molar-refractivity contribution in [2.75, 3.05) is 26.7 Å². The van der Waals surface area contributed by atoms with Gasteiger partial charge in [0.15, 0.2) is 0 Å². The Morgan fingerprint density at radius 3 is 2.16 bits per heavy atom. The Balaban J connectivity index is 2.54. The van der Waals surface area contributed by atoms with E-state index in [1.54, 1.807) is 0 Å². The molecule has 2 nitrogen and oxygen atoms in total. The van der Waals surface area contributed by atoms with Crippen LogP contribution < -0.4 is 5.32 Å². The van der Waals surface area contributed by atoms with Crippen molar-refractivity contribution in [1.82, 2.24) is 10.2 Å². The standard InChI is InChI=1S/C17H36N2/c1-16(2,3)14-9-8-11-19(12-10-14)13-15(18-7)17(4,5)6/h14-15,18H,8-13H2,1-7H3. The number of nitrogens with one attached hydrogen (secondary N) is 1. The smallest absolute Gasteiger partial charge is 0.0240 e. The summed E-state index contributed by atoms with van der Waals surface area (Å²) in [6.07, 6.45) is 4.13. The van der Waals surface area contributed by atoms with Crippen molar-refractivity contribution >= 4 is 0 Å². The van der Waals surface area contributed by atoms with Crippen molar-refractivity contribution < 1.29 is 0 Å². The van der Waals surface area contributed by atoms with Crippen LogP contribution in [0, 0.1) is 16.7 Å². The Morgan fingerprint density at radius 2 is 1.68 bits per heavy atom. The van der Waals surface area contributed by atoms with Gasteiger partial charge in [-0.25, -0.2) is 0 Å². The first-order chi connectivity index (χ1) is 8.64. The minimum absolute atomic E-state index is 0.338. The largest absolute Gasteiger partial charge is 0.315 e. The van der Waals surface area contributed by atoms with E-state index < -0.39 is 0 Å². The molecule has 0 aromatic heterocycles. The molecule has 0 bridgehead atoms. The van der Waals surface area contributed by atoms with Gasteiger partial charge in [-0.3, -0.25) is 0 Å². The van der Waals surface area contributed by atoms with Crippen molar-refractivity contribution in [3.63, 3.8) is 0 Å². The summed E-state index contributed by atoms with van der Waals surface area (Å²) < 4.78 is 0. The van der Waals surface area contributed by atoms with Gasteiger partial charge in [-0.2, -0.15) is 0 Å². The first kappa shape index (κ1) is 17.0. The van der Waals surface area contributed by atoms with Crippen LogP contribution in [0.1, 0.15) is 60.8 Å². The molecule has 2 unspecified atom stereocenters. The lowest BCUT2D eigenvalue weighted by Crippen LogP contribution is -2.47. The zero-order valence-electron chi connectivity index (χ0n) is 14.3. The molecule has 0 amide bonds. The summed E-state index contributed by atoms with van der Waals surface area (Å²) in [7, 11) is 2.10. The molecule has 1 fully saturated rings. The zero-order chi connectivity index (χ0) is 14.7. The van der Waals surface area contributed by atoms with Crippen molar-refractivity contribution in [2.45, 2.75) is 66.8 Å². The van der Waals surface area contributed by atoms with Crippen molar-refractivity contribution in [3.05, 3.63) is 0 Å². The molecule has 1 heterocycles. The first-order valence-electron chi connectivity index (χ1n) is 8.04. The quantitative estimate of drug-likeness (QED) is 0.838. The lowest BCUT2D eigenvalue weighted by molar-refractivity contribution is 0.172. The molecule has 0 spiro atoms. The highest BCUT2D eigenvalue weighted by molar-refractivity contribution is 4.85. The topological polar surface area (TPSA) is 15.3 Å². The van der Waals surface area contributed by atoms with Gasteiger partial charge in [0.25, 0.3) is 0 Å². The van der Waals surface area contributed by atoms with Crippen LogP contribution in [0.4, 0.5) is 0 Å². The molecule has 1 aliphatic heterocycles. The maximum Gasteiger partial charge on any atom is 0.0240 e. The van der Waals surface area contributed by atoms with Crippen LogP contribution in [-0.4, -0.2) is 37.6 Å². The number of nitrogens with zero attached hydrogens (tertiary/aromatic N) is 1. The molecule has 1 saturated heterocycles. The van der Waals surface area contributed by atoms with E-state index >= 15 is 0 Å². The molecule has 0 radical (unpaired) electrons. The van der Waals surface area contributed by atoms with E-state index in [2.05, 4.69) is 58.8 Å². The summed E-state index contributed by atoms with van der Waals surface area (Å²) in [5.74, 6) is 0.889. The summed E-state index contributed by atoms with van der Waals surface area (Å²) in [4.78, 5) is 2.68. The molecule has 0 aromatic carbocycles. The van der Waals surface area contributed by atoms with Gasteiger partial charge in [-0.1, -0.05) is 41.5 Å². The van der Waals surface area contributed by atoms with Gasteiger partial charge in [-0.05, 0) is 56.1 Å². The normalized spacial score (nSPS) is 25.1. The van der Waals surface area contributed by atoms with Crippen LogP contribution in [-0.2, 0) is 0 Å². The van der Waals surface area contributed by atoms with Gasteiger partial charge in [-0.15, -0.1) is 0 Å². The highest BCUT2D eigenvalue weighted by Crippen LogP contribution is 2.34. The molecule has 1 aliphatic rings.